The van der Waals surface area contributed by atoms with Gasteiger partial charge in [0, 0.05) is 5.56 Å². The zero-order chi connectivity index (χ0) is 15.5. The molecule has 0 bridgehead atoms. The van der Waals surface area contributed by atoms with Crippen LogP contribution in [0, 0.1) is 0 Å². The number of methoxy groups -OCH3 is 1. The summed E-state index contributed by atoms with van der Waals surface area (Å²) in [7, 11) is 1.48. The fraction of sp³-hybridized carbons (Fsp3) is 0.200. The normalized spacial score (nSPS) is 11.3. The quantitative estimate of drug-likeness (QED) is 0.934. The van der Waals surface area contributed by atoms with Crippen LogP contribution in [0.3, 0.4) is 0 Å². The molecule has 21 heavy (non-hydrogen) atoms. The first-order valence-electron chi connectivity index (χ1n) is 6.07. The van der Waals surface area contributed by atoms with Crippen molar-refractivity contribution in [3.05, 3.63) is 48.0 Å². The molecule has 0 spiro atoms. The van der Waals surface area contributed by atoms with Gasteiger partial charge in [-0.15, -0.1) is 13.2 Å². The van der Waals surface area contributed by atoms with Gasteiger partial charge in [-0.05, 0) is 29.3 Å². The van der Waals surface area contributed by atoms with E-state index in [-0.39, 0.29) is 12.4 Å². The van der Waals surface area contributed by atoms with Crippen molar-refractivity contribution in [1.29, 1.82) is 0 Å². The van der Waals surface area contributed by atoms with Gasteiger partial charge in [-0.25, -0.2) is 0 Å². The van der Waals surface area contributed by atoms with Gasteiger partial charge in [-0.1, -0.05) is 24.3 Å². The molecule has 112 valence electrons. The second-order valence-corrected chi connectivity index (χ2v) is 4.26. The van der Waals surface area contributed by atoms with Gasteiger partial charge in [0.2, 0.25) is 0 Å². The van der Waals surface area contributed by atoms with Gasteiger partial charge in [0.1, 0.15) is 11.5 Å². The molecule has 0 aliphatic rings. The Hall–Kier alpha value is -2.21. The van der Waals surface area contributed by atoms with Crippen molar-refractivity contribution in [1.82, 2.24) is 0 Å². The Morgan fingerprint density at radius 1 is 1.00 bits per heavy atom. The zero-order valence-corrected chi connectivity index (χ0v) is 11.1. The fourth-order valence-electron chi connectivity index (χ4n) is 1.90. The van der Waals surface area contributed by atoms with Crippen LogP contribution in [-0.2, 0) is 6.61 Å². The Labute approximate surface area is 119 Å². The summed E-state index contributed by atoms with van der Waals surface area (Å²) in [5.74, 6) is 0.246. The molecule has 0 fully saturated rings. The van der Waals surface area contributed by atoms with Crippen molar-refractivity contribution in [2.24, 2.45) is 0 Å². The molecule has 0 aromatic heterocycles. The monoisotopic (exact) mass is 298 g/mol. The summed E-state index contributed by atoms with van der Waals surface area (Å²) >= 11 is 0. The lowest BCUT2D eigenvalue weighted by molar-refractivity contribution is -0.274. The molecule has 2 aromatic rings. The molecule has 1 N–H and O–H groups in total. The molecule has 0 heterocycles. The standard InChI is InChI=1S/C15H13F3O3/c1-20-14-8-11(2-3-12(14)9-19)10-4-6-13(7-5-10)21-15(16,17)18/h2-8,19H,9H2,1H3. The van der Waals surface area contributed by atoms with Gasteiger partial charge >= 0.3 is 6.36 Å². The van der Waals surface area contributed by atoms with Gasteiger partial charge in [0.25, 0.3) is 0 Å². The molecule has 0 atom stereocenters. The lowest BCUT2D eigenvalue weighted by Crippen LogP contribution is -2.16. The second-order valence-electron chi connectivity index (χ2n) is 4.26. The molecule has 0 aliphatic carbocycles. The lowest BCUT2D eigenvalue weighted by atomic mass is 10.0. The van der Waals surface area contributed by atoms with Crippen LogP contribution in [0.15, 0.2) is 42.5 Å². The largest absolute Gasteiger partial charge is 0.573 e. The molecule has 0 saturated carbocycles. The number of aliphatic hydroxyl groups excluding tert-OH is 1. The van der Waals surface area contributed by atoms with E-state index in [0.717, 1.165) is 5.56 Å². The van der Waals surface area contributed by atoms with E-state index in [2.05, 4.69) is 4.74 Å². The first-order chi connectivity index (χ1) is 9.93. The number of benzene rings is 2. The van der Waals surface area contributed by atoms with Crippen molar-refractivity contribution in [3.63, 3.8) is 0 Å². The Morgan fingerprint density at radius 3 is 2.14 bits per heavy atom. The van der Waals surface area contributed by atoms with E-state index in [1.165, 1.54) is 31.4 Å². The number of rotatable bonds is 4. The lowest BCUT2D eigenvalue weighted by Gasteiger charge is -2.11. The number of hydrogen-bond donors (Lipinski definition) is 1. The van der Waals surface area contributed by atoms with E-state index in [1.807, 2.05) is 0 Å². The molecule has 0 saturated heterocycles. The predicted octanol–water partition coefficient (Wildman–Crippen LogP) is 3.75. The highest BCUT2D eigenvalue weighted by molar-refractivity contribution is 5.66. The van der Waals surface area contributed by atoms with Crippen LogP contribution in [0.1, 0.15) is 5.56 Å². The maximum absolute atomic E-state index is 12.1. The molecular formula is C15H13F3O3. The van der Waals surface area contributed by atoms with Crippen molar-refractivity contribution >= 4 is 0 Å². The Bertz CT molecular complexity index is 607. The molecule has 0 radical (unpaired) electrons. The summed E-state index contributed by atoms with van der Waals surface area (Å²) in [5.41, 5.74) is 2.12. The number of hydrogen-bond acceptors (Lipinski definition) is 3. The minimum absolute atomic E-state index is 0.151. The van der Waals surface area contributed by atoms with E-state index >= 15 is 0 Å². The summed E-state index contributed by atoms with van der Waals surface area (Å²) in [6, 6.07) is 10.7. The summed E-state index contributed by atoms with van der Waals surface area (Å²) in [5, 5.41) is 9.15. The summed E-state index contributed by atoms with van der Waals surface area (Å²) in [6.45, 7) is -0.151. The second kappa shape index (κ2) is 6.05. The van der Waals surface area contributed by atoms with Gasteiger partial charge in [-0.3, -0.25) is 0 Å². The van der Waals surface area contributed by atoms with Crippen molar-refractivity contribution in [2.75, 3.05) is 7.11 Å². The van der Waals surface area contributed by atoms with E-state index in [1.54, 1.807) is 18.2 Å². The van der Waals surface area contributed by atoms with Crippen LogP contribution < -0.4 is 9.47 Å². The maximum Gasteiger partial charge on any atom is 0.573 e. The number of aliphatic hydroxyl groups is 1. The molecule has 2 rings (SSSR count). The van der Waals surface area contributed by atoms with Crippen molar-refractivity contribution in [3.8, 4) is 22.6 Å². The maximum atomic E-state index is 12.1. The van der Waals surface area contributed by atoms with Crippen LogP contribution >= 0.6 is 0 Å². The van der Waals surface area contributed by atoms with Crippen LogP contribution in [0.5, 0.6) is 11.5 Å². The highest BCUT2D eigenvalue weighted by Crippen LogP contribution is 2.30. The fourth-order valence-corrected chi connectivity index (χ4v) is 1.90. The summed E-state index contributed by atoms with van der Waals surface area (Å²) < 4.78 is 45.2. The molecule has 0 unspecified atom stereocenters. The molecule has 3 nitrogen and oxygen atoms in total. The molecule has 6 heteroatoms. The van der Waals surface area contributed by atoms with Gasteiger partial charge in [0.15, 0.2) is 0 Å². The molecule has 0 aliphatic heterocycles. The smallest absolute Gasteiger partial charge is 0.496 e. The highest BCUT2D eigenvalue weighted by atomic mass is 19.4. The summed E-state index contributed by atoms with van der Waals surface area (Å²) in [4.78, 5) is 0. The number of ether oxygens (including phenoxy) is 2. The van der Waals surface area contributed by atoms with Crippen LogP contribution in [-0.4, -0.2) is 18.6 Å². The van der Waals surface area contributed by atoms with Crippen molar-refractivity contribution < 1.29 is 27.8 Å². The zero-order valence-electron chi connectivity index (χ0n) is 11.1. The highest BCUT2D eigenvalue weighted by Gasteiger charge is 2.30. The molecular weight excluding hydrogens is 285 g/mol. The predicted molar refractivity (Wildman–Crippen MR) is 71.0 cm³/mol. The first-order valence-corrected chi connectivity index (χ1v) is 6.07. The number of halogens is 3. The van der Waals surface area contributed by atoms with Crippen LogP contribution in [0.4, 0.5) is 13.2 Å². The van der Waals surface area contributed by atoms with Gasteiger partial charge in [0.05, 0.1) is 13.7 Å². The van der Waals surface area contributed by atoms with Crippen molar-refractivity contribution in [2.45, 2.75) is 13.0 Å². The Morgan fingerprint density at radius 2 is 1.62 bits per heavy atom. The van der Waals surface area contributed by atoms with E-state index in [4.69, 9.17) is 9.84 Å². The number of alkyl halides is 3. The van der Waals surface area contributed by atoms with E-state index in [0.29, 0.717) is 16.9 Å². The minimum atomic E-state index is -4.70. The molecule has 0 amide bonds. The van der Waals surface area contributed by atoms with Crippen LogP contribution in [0.25, 0.3) is 11.1 Å². The SMILES string of the molecule is COc1cc(-c2ccc(OC(F)(F)F)cc2)ccc1CO. The third kappa shape index (κ3) is 3.88. The topological polar surface area (TPSA) is 38.7 Å². The van der Waals surface area contributed by atoms with Gasteiger partial charge < -0.3 is 14.6 Å². The average molecular weight is 298 g/mol. The third-order valence-electron chi connectivity index (χ3n) is 2.88. The Balaban J connectivity index is 2.26. The first kappa shape index (κ1) is 15.2. The average Bonchev–Trinajstić information content (AvgIpc) is 2.45. The van der Waals surface area contributed by atoms with Crippen LogP contribution in [0.2, 0.25) is 0 Å². The molecule has 2 aromatic carbocycles. The Kier molecular flexibility index (Phi) is 4.37. The van der Waals surface area contributed by atoms with Gasteiger partial charge in [-0.2, -0.15) is 0 Å². The van der Waals surface area contributed by atoms with E-state index in [9.17, 15) is 13.2 Å². The summed E-state index contributed by atoms with van der Waals surface area (Å²) in [6.07, 6.45) is -4.70. The third-order valence-corrected chi connectivity index (χ3v) is 2.88. The minimum Gasteiger partial charge on any atom is -0.496 e. The van der Waals surface area contributed by atoms with E-state index < -0.39 is 6.36 Å².